The van der Waals surface area contributed by atoms with Gasteiger partial charge in [-0.05, 0) is 37.1 Å². The zero-order valence-electron chi connectivity index (χ0n) is 10.7. The quantitative estimate of drug-likeness (QED) is 0.622. The third kappa shape index (κ3) is 4.97. The third-order valence-electron chi connectivity index (χ3n) is 3.49. The lowest BCUT2D eigenvalue weighted by Gasteiger charge is -2.13. The topological polar surface area (TPSA) is 55.1 Å². The van der Waals surface area contributed by atoms with Gasteiger partial charge in [-0.2, -0.15) is 0 Å². The van der Waals surface area contributed by atoms with Crippen molar-refractivity contribution >= 4 is 5.91 Å². The van der Waals surface area contributed by atoms with Crippen LogP contribution in [-0.4, -0.2) is 19.0 Å². The van der Waals surface area contributed by atoms with E-state index in [9.17, 15) is 4.79 Å². The van der Waals surface area contributed by atoms with Crippen LogP contribution in [0.5, 0.6) is 0 Å². The summed E-state index contributed by atoms with van der Waals surface area (Å²) in [5, 5.41) is 3.01. The van der Waals surface area contributed by atoms with Gasteiger partial charge in [0.1, 0.15) is 0 Å². The van der Waals surface area contributed by atoms with Gasteiger partial charge in [-0.25, -0.2) is 0 Å². The summed E-state index contributed by atoms with van der Waals surface area (Å²) >= 11 is 0. The number of carbonyl (C=O) groups is 1. The summed E-state index contributed by atoms with van der Waals surface area (Å²) in [7, 11) is 0. The molecule has 3 heteroatoms. The van der Waals surface area contributed by atoms with Crippen LogP contribution in [0.4, 0.5) is 0 Å². The zero-order chi connectivity index (χ0) is 12.0. The Bertz CT molecular complexity index is 222. The Morgan fingerprint density at radius 2 is 2.06 bits per heavy atom. The molecule has 0 aromatic carbocycles. The van der Waals surface area contributed by atoms with Crippen LogP contribution in [-0.2, 0) is 4.79 Å². The van der Waals surface area contributed by atoms with Crippen LogP contribution in [0, 0.1) is 11.3 Å². The summed E-state index contributed by atoms with van der Waals surface area (Å²) in [6.07, 6.45) is 6.43. The molecule has 1 saturated carbocycles. The first-order valence-corrected chi connectivity index (χ1v) is 6.55. The van der Waals surface area contributed by atoms with E-state index in [1.54, 1.807) is 0 Å². The van der Waals surface area contributed by atoms with Crippen LogP contribution in [0.3, 0.4) is 0 Å². The van der Waals surface area contributed by atoms with Gasteiger partial charge in [0.25, 0.3) is 0 Å². The van der Waals surface area contributed by atoms with Crippen molar-refractivity contribution in [2.45, 2.75) is 52.4 Å². The van der Waals surface area contributed by atoms with Crippen molar-refractivity contribution in [3.05, 3.63) is 0 Å². The Balaban J connectivity index is 1.99. The van der Waals surface area contributed by atoms with Gasteiger partial charge in [-0.3, -0.25) is 4.79 Å². The highest BCUT2D eigenvalue weighted by Gasteiger charge is 2.41. The summed E-state index contributed by atoms with van der Waals surface area (Å²) < 4.78 is 0. The van der Waals surface area contributed by atoms with Crippen molar-refractivity contribution in [2.24, 2.45) is 17.1 Å². The van der Waals surface area contributed by atoms with Gasteiger partial charge >= 0.3 is 0 Å². The molecular formula is C13H26N2O. The fourth-order valence-corrected chi connectivity index (χ4v) is 1.84. The number of carbonyl (C=O) groups excluding carboxylic acids is 1. The molecule has 0 radical (unpaired) electrons. The SMILES string of the molecule is CC(C)CCCCC(=O)NCC1(CN)CC1. The molecule has 1 rings (SSSR count). The van der Waals surface area contributed by atoms with Gasteiger partial charge in [0.2, 0.25) is 5.91 Å². The van der Waals surface area contributed by atoms with E-state index in [1.807, 2.05) is 0 Å². The number of nitrogens with two attached hydrogens (primary N) is 1. The lowest BCUT2D eigenvalue weighted by Crippen LogP contribution is -2.33. The van der Waals surface area contributed by atoms with Crippen molar-refractivity contribution in [1.82, 2.24) is 5.32 Å². The molecular weight excluding hydrogens is 200 g/mol. The van der Waals surface area contributed by atoms with Crippen LogP contribution >= 0.6 is 0 Å². The molecule has 0 aromatic rings. The third-order valence-corrected chi connectivity index (χ3v) is 3.49. The Morgan fingerprint density at radius 1 is 1.38 bits per heavy atom. The van der Waals surface area contributed by atoms with Crippen LogP contribution < -0.4 is 11.1 Å². The predicted octanol–water partition coefficient (Wildman–Crippen LogP) is 2.06. The van der Waals surface area contributed by atoms with E-state index in [0.717, 1.165) is 25.3 Å². The van der Waals surface area contributed by atoms with Crippen LogP contribution in [0.15, 0.2) is 0 Å². The van der Waals surface area contributed by atoms with Gasteiger partial charge in [0.15, 0.2) is 0 Å². The number of unbranched alkanes of at least 4 members (excludes halogenated alkanes) is 1. The number of amides is 1. The fraction of sp³-hybridized carbons (Fsp3) is 0.923. The Hall–Kier alpha value is -0.570. The minimum Gasteiger partial charge on any atom is -0.355 e. The number of nitrogens with one attached hydrogen (secondary N) is 1. The standard InChI is InChI=1S/C13H26N2O/c1-11(2)5-3-4-6-12(16)15-10-13(9-14)7-8-13/h11H,3-10,14H2,1-2H3,(H,15,16). The summed E-state index contributed by atoms with van der Waals surface area (Å²) in [4.78, 5) is 11.5. The lowest BCUT2D eigenvalue weighted by atomic mass is 10.0. The minimum atomic E-state index is 0.198. The lowest BCUT2D eigenvalue weighted by molar-refractivity contribution is -0.121. The molecule has 3 nitrogen and oxygen atoms in total. The maximum absolute atomic E-state index is 11.5. The number of hydrogen-bond donors (Lipinski definition) is 2. The molecule has 1 aliphatic carbocycles. The average Bonchev–Trinajstić information content (AvgIpc) is 3.02. The van der Waals surface area contributed by atoms with Crippen LogP contribution in [0.1, 0.15) is 52.4 Å². The van der Waals surface area contributed by atoms with E-state index in [4.69, 9.17) is 5.73 Å². The molecule has 0 unspecified atom stereocenters. The summed E-state index contributed by atoms with van der Waals surface area (Å²) in [6.45, 7) is 5.93. The molecule has 0 atom stereocenters. The van der Waals surface area contributed by atoms with E-state index in [0.29, 0.717) is 13.0 Å². The second-order valence-corrected chi connectivity index (χ2v) is 5.62. The van der Waals surface area contributed by atoms with E-state index in [-0.39, 0.29) is 11.3 Å². The highest BCUT2D eigenvalue weighted by Crippen LogP contribution is 2.43. The minimum absolute atomic E-state index is 0.198. The summed E-state index contributed by atoms with van der Waals surface area (Å²) in [5.74, 6) is 0.943. The van der Waals surface area contributed by atoms with Crippen molar-refractivity contribution < 1.29 is 4.79 Å². The zero-order valence-corrected chi connectivity index (χ0v) is 10.7. The van der Waals surface area contributed by atoms with Gasteiger partial charge < -0.3 is 11.1 Å². The van der Waals surface area contributed by atoms with Crippen molar-refractivity contribution in [3.63, 3.8) is 0 Å². The highest BCUT2D eigenvalue weighted by atomic mass is 16.1. The predicted molar refractivity (Wildman–Crippen MR) is 67.0 cm³/mol. The van der Waals surface area contributed by atoms with Crippen molar-refractivity contribution in [3.8, 4) is 0 Å². The second-order valence-electron chi connectivity index (χ2n) is 5.62. The molecule has 0 aliphatic heterocycles. The monoisotopic (exact) mass is 226 g/mol. The molecule has 1 amide bonds. The first kappa shape index (κ1) is 13.5. The molecule has 1 aliphatic rings. The summed E-state index contributed by atoms with van der Waals surface area (Å²) in [6, 6.07) is 0. The van der Waals surface area contributed by atoms with Gasteiger partial charge in [-0.1, -0.05) is 26.7 Å². The highest BCUT2D eigenvalue weighted by molar-refractivity contribution is 5.75. The molecule has 94 valence electrons. The van der Waals surface area contributed by atoms with Crippen LogP contribution in [0.2, 0.25) is 0 Å². The molecule has 0 aromatic heterocycles. The summed E-state index contributed by atoms with van der Waals surface area (Å²) in [5.41, 5.74) is 5.92. The van der Waals surface area contributed by atoms with E-state index < -0.39 is 0 Å². The first-order valence-electron chi connectivity index (χ1n) is 6.55. The molecule has 0 saturated heterocycles. The Labute approximate surface area is 99.2 Å². The number of hydrogen-bond acceptors (Lipinski definition) is 2. The fourth-order valence-electron chi connectivity index (χ4n) is 1.84. The van der Waals surface area contributed by atoms with Crippen molar-refractivity contribution in [1.29, 1.82) is 0 Å². The maximum atomic E-state index is 11.5. The first-order chi connectivity index (χ1) is 7.58. The molecule has 0 spiro atoms. The smallest absolute Gasteiger partial charge is 0.220 e. The Kier molecular flexibility index (Phi) is 5.26. The van der Waals surface area contributed by atoms with Gasteiger partial charge in [0, 0.05) is 13.0 Å². The van der Waals surface area contributed by atoms with Crippen LogP contribution in [0.25, 0.3) is 0 Å². The molecule has 0 heterocycles. The maximum Gasteiger partial charge on any atom is 0.220 e. The van der Waals surface area contributed by atoms with Gasteiger partial charge in [-0.15, -0.1) is 0 Å². The molecule has 16 heavy (non-hydrogen) atoms. The molecule has 1 fully saturated rings. The Morgan fingerprint density at radius 3 is 2.56 bits per heavy atom. The molecule has 0 bridgehead atoms. The van der Waals surface area contributed by atoms with Gasteiger partial charge in [0.05, 0.1) is 0 Å². The molecule has 3 N–H and O–H groups in total. The second kappa shape index (κ2) is 6.24. The average molecular weight is 226 g/mol. The number of rotatable bonds is 8. The van der Waals surface area contributed by atoms with Crippen molar-refractivity contribution in [2.75, 3.05) is 13.1 Å². The van der Waals surface area contributed by atoms with E-state index in [2.05, 4.69) is 19.2 Å². The van der Waals surface area contributed by atoms with E-state index >= 15 is 0 Å². The normalized spacial score (nSPS) is 17.5. The van der Waals surface area contributed by atoms with E-state index in [1.165, 1.54) is 19.3 Å². The largest absolute Gasteiger partial charge is 0.355 e.